The van der Waals surface area contributed by atoms with Crippen LogP contribution in [0.15, 0.2) is 48.5 Å². The van der Waals surface area contributed by atoms with Gasteiger partial charge in [0.15, 0.2) is 17.6 Å². The van der Waals surface area contributed by atoms with Crippen LogP contribution in [-0.2, 0) is 14.3 Å². The molecule has 3 aromatic rings. The third kappa shape index (κ3) is 5.83. The van der Waals surface area contributed by atoms with Crippen LogP contribution < -0.4 is 10.2 Å². The molecule has 0 radical (unpaired) electrons. The average Bonchev–Trinajstić information content (AvgIpc) is 3.55. The molecule has 1 saturated heterocycles. The van der Waals surface area contributed by atoms with E-state index in [9.17, 15) is 14.4 Å². The molecule has 1 aromatic carbocycles. The second-order valence-electron chi connectivity index (χ2n) is 7.95. The SMILES string of the molecule is CCOC(=O)c1cc(-c2ccccc2)sc1NC(=O)C(C)OC(=O)c1ccc(N2CCCC2)nn1. The van der Waals surface area contributed by atoms with Crippen LogP contribution in [0, 0.1) is 0 Å². The summed E-state index contributed by atoms with van der Waals surface area (Å²) in [7, 11) is 0. The number of hydrogen-bond acceptors (Lipinski definition) is 9. The fourth-order valence-electron chi connectivity index (χ4n) is 3.63. The summed E-state index contributed by atoms with van der Waals surface area (Å²) in [6, 6.07) is 14.4. The number of nitrogens with zero attached hydrogens (tertiary/aromatic N) is 3. The molecule has 1 amide bonds. The Kier molecular flexibility index (Phi) is 7.71. The zero-order valence-corrected chi connectivity index (χ0v) is 20.3. The van der Waals surface area contributed by atoms with E-state index in [-0.39, 0.29) is 17.9 Å². The smallest absolute Gasteiger partial charge is 0.359 e. The van der Waals surface area contributed by atoms with Gasteiger partial charge in [-0.05, 0) is 50.5 Å². The number of nitrogens with one attached hydrogen (secondary N) is 1. The van der Waals surface area contributed by atoms with Crippen molar-refractivity contribution in [1.29, 1.82) is 0 Å². The second-order valence-corrected chi connectivity index (χ2v) is 9.00. The van der Waals surface area contributed by atoms with E-state index >= 15 is 0 Å². The van der Waals surface area contributed by atoms with E-state index in [1.807, 2.05) is 30.3 Å². The Balaban J connectivity index is 1.44. The van der Waals surface area contributed by atoms with E-state index < -0.39 is 23.9 Å². The highest BCUT2D eigenvalue weighted by Gasteiger charge is 2.25. The first-order valence-electron chi connectivity index (χ1n) is 11.4. The summed E-state index contributed by atoms with van der Waals surface area (Å²) in [5.41, 5.74) is 1.16. The highest BCUT2D eigenvalue weighted by Crippen LogP contribution is 2.36. The zero-order valence-electron chi connectivity index (χ0n) is 19.5. The molecule has 35 heavy (non-hydrogen) atoms. The number of esters is 2. The molecule has 1 fully saturated rings. The minimum absolute atomic E-state index is 0.0160. The quantitative estimate of drug-likeness (QED) is 0.465. The van der Waals surface area contributed by atoms with Gasteiger partial charge in [-0.15, -0.1) is 21.5 Å². The van der Waals surface area contributed by atoms with E-state index in [1.165, 1.54) is 24.3 Å². The summed E-state index contributed by atoms with van der Waals surface area (Å²) < 4.78 is 10.4. The molecule has 1 unspecified atom stereocenters. The molecular weight excluding hydrogens is 468 g/mol. The largest absolute Gasteiger partial charge is 0.462 e. The van der Waals surface area contributed by atoms with Gasteiger partial charge in [-0.2, -0.15) is 0 Å². The van der Waals surface area contributed by atoms with E-state index in [0.29, 0.717) is 10.8 Å². The van der Waals surface area contributed by atoms with Gasteiger partial charge in [0.25, 0.3) is 5.91 Å². The average molecular weight is 495 g/mol. The maximum atomic E-state index is 12.8. The van der Waals surface area contributed by atoms with Crippen LogP contribution in [0.4, 0.5) is 10.8 Å². The van der Waals surface area contributed by atoms with Crippen molar-refractivity contribution < 1.29 is 23.9 Å². The van der Waals surface area contributed by atoms with Crippen LogP contribution in [0.1, 0.15) is 47.5 Å². The van der Waals surface area contributed by atoms with Gasteiger partial charge in [-0.1, -0.05) is 30.3 Å². The third-order valence-corrected chi connectivity index (χ3v) is 6.56. The topological polar surface area (TPSA) is 111 Å². The third-order valence-electron chi connectivity index (χ3n) is 5.47. The lowest BCUT2D eigenvalue weighted by Crippen LogP contribution is -2.30. The number of anilines is 2. The van der Waals surface area contributed by atoms with Gasteiger partial charge >= 0.3 is 11.9 Å². The van der Waals surface area contributed by atoms with Crippen molar-refractivity contribution >= 4 is 40.0 Å². The van der Waals surface area contributed by atoms with Crippen molar-refractivity contribution in [2.24, 2.45) is 0 Å². The number of thiophene rings is 1. The van der Waals surface area contributed by atoms with Crippen molar-refractivity contribution in [2.45, 2.75) is 32.8 Å². The molecule has 0 spiro atoms. The molecule has 182 valence electrons. The lowest BCUT2D eigenvalue weighted by Gasteiger charge is -2.16. The first-order valence-corrected chi connectivity index (χ1v) is 12.2. The maximum Gasteiger partial charge on any atom is 0.359 e. The summed E-state index contributed by atoms with van der Waals surface area (Å²) in [6.07, 6.45) is 1.08. The van der Waals surface area contributed by atoms with Crippen LogP contribution in [0.25, 0.3) is 10.4 Å². The van der Waals surface area contributed by atoms with E-state index in [2.05, 4.69) is 20.4 Å². The Labute approximate surface area is 207 Å². The van der Waals surface area contributed by atoms with Crippen molar-refractivity contribution in [2.75, 3.05) is 29.9 Å². The number of aromatic nitrogens is 2. The monoisotopic (exact) mass is 494 g/mol. The molecule has 0 aliphatic carbocycles. The Morgan fingerprint density at radius 1 is 1.06 bits per heavy atom. The summed E-state index contributed by atoms with van der Waals surface area (Å²) in [5, 5.41) is 11.1. The van der Waals surface area contributed by atoms with Gasteiger partial charge < -0.3 is 19.7 Å². The van der Waals surface area contributed by atoms with Crippen LogP contribution >= 0.6 is 11.3 Å². The predicted molar refractivity (Wildman–Crippen MR) is 133 cm³/mol. The molecule has 0 bridgehead atoms. The Morgan fingerprint density at radius 3 is 2.46 bits per heavy atom. The highest BCUT2D eigenvalue weighted by molar-refractivity contribution is 7.20. The fourth-order valence-corrected chi connectivity index (χ4v) is 4.68. The van der Waals surface area contributed by atoms with Crippen molar-refractivity contribution in [1.82, 2.24) is 10.2 Å². The molecule has 2 aromatic heterocycles. The molecule has 9 nitrogen and oxygen atoms in total. The number of hydrogen-bond donors (Lipinski definition) is 1. The van der Waals surface area contributed by atoms with Crippen LogP contribution in [0.5, 0.6) is 0 Å². The summed E-state index contributed by atoms with van der Waals surface area (Å²) in [4.78, 5) is 40.7. The molecule has 1 aliphatic heterocycles. The van der Waals surface area contributed by atoms with Crippen molar-refractivity contribution in [3.05, 3.63) is 59.8 Å². The van der Waals surface area contributed by atoms with E-state index in [4.69, 9.17) is 9.47 Å². The first-order chi connectivity index (χ1) is 17.0. The summed E-state index contributed by atoms with van der Waals surface area (Å²) >= 11 is 1.24. The first kappa shape index (κ1) is 24.3. The Morgan fingerprint density at radius 2 is 1.80 bits per heavy atom. The molecule has 1 aliphatic rings. The van der Waals surface area contributed by atoms with E-state index in [1.54, 1.807) is 19.1 Å². The van der Waals surface area contributed by atoms with E-state index in [0.717, 1.165) is 36.4 Å². The van der Waals surface area contributed by atoms with Gasteiger partial charge in [-0.3, -0.25) is 4.79 Å². The zero-order chi connectivity index (χ0) is 24.8. The highest BCUT2D eigenvalue weighted by atomic mass is 32.1. The Bertz CT molecular complexity index is 1190. The lowest BCUT2D eigenvalue weighted by molar-refractivity contribution is -0.123. The molecule has 1 N–H and O–H groups in total. The minimum Gasteiger partial charge on any atom is -0.462 e. The van der Waals surface area contributed by atoms with Crippen LogP contribution in [0.2, 0.25) is 0 Å². The van der Waals surface area contributed by atoms with Gasteiger partial charge in [0.05, 0.1) is 12.2 Å². The number of carbonyl (C=O) groups excluding carboxylic acids is 3. The number of rotatable bonds is 8. The Hall–Kier alpha value is -3.79. The normalized spacial score (nSPS) is 13.8. The molecule has 0 saturated carbocycles. The standard InChI is InChI=1S/C25H26N4O5S/c1-3-33-24(31)18-15-20(17-9-5-4-6-10-17)35-23(18)26-22(30)16(2)34-25(32)19-11-12-21(28-27-19)29-13-7-8-14-29/h4-6,9-12,15-16H,3,7-8,13-14H2,1-2H3,(H,26,30). The molecule has 1 atom stereocenters. The molecule has 3 heterocycles. The molecule has 4 rings (SSSR count). The minimum atomic E-state index is -1.13. The van der Waals surface area contributed by atoms with Gasteiger partial charge in [0, 0.05) is 18.0 Å². The number of benzene rings is 1. The van der Waals surface area contributed by atoms with Gasteiger partial charge in [0.2, 0.25) is 0 Å². The second kappa shape index (κ2) is 11.1. The van der Waals surface area contributed by atoms with Gasteiger partial charge in [0.1, 0.15) is 5.00 Å². The molecule has 10 heteroatoms. The number of carbonyl (C=O) groups is 3. The maximum absolute atomic E-state index is 12.8. The van der Waals surface area contributed by atoms with Crippen molar-refractivity contribution in [3.8, 4) is 10.4 Å². The van der Waals surface area contributed by atoms with Crippen LogP contribution in [0.3, 0.4) is 0 Å². The predicted octanol–water partition coefficient (Wildman–Crippen LogP) is 4.17. The van der Waals surface area contributed by atoms with Crippen molar-refractivity contribution in [3.63, 3.8) is 0 Å². The number of ether oxygens (including phenoxy) is 2. The summed E-state index contributed by atoms with van der Waals surface area (Å²) in [5.74, 6) is -1.16. The molecular formula is C25H26N4O5S. The lowest BCUT2D eigenvalue weighted by atomic mass is 10.1. The summed E-state index contributed by atoms with van der Waals surface area (Å²) in [6.45, 7) is 5.20. The number of amides is 1. The fraction of sp³-hybridized carbons (Fsp3) is 0.320. The van der Waals surface area contributed by atoms with Crippen LogP contribution in [-0.4, -0.2) is 53.8 Å². The van der Waals surface area contributed by atoms with Gasteiger partial charge in [-0.25, -0.2) is 9.59 Å².